The third kappa shape index (κ3) is 3.81. The summed E-state index contributed by atoms with van der Waals surface area (Å²) in [6.07, 6.45) is 2.33. The van der Waals surface area contributed by atoms with Crippen LogP contribution >= 0.6 is 0 Å². The Morgan fingerprint density at radius 2 is 1.86 bits per heavy atom. The number of aromatic nitrogens is 1. The highest BCUT2D eigenvalue weighted by Gasteiger charge is 2.60. The smallest absolute Gasteiger partial charge is 0.248 e. The van der Waals surface area contributed by atoms with Crippen molar-refractivity contribution >= 4 is 11.7 Å². The average Bonchev–Trinajstić information content (AvgIpc) is 3.36. The maximum Gasteiger partial charge on any atom is 0.248 e. The fourth-order valence-corrected chi connectivity index (χ4v) is 3.80. The predicted octanol–water partition coefficient (Wildman–Crippen LogP) is 5.31. The highest BCUT2D eigenvalue weighted by Crippen LogP contribution is 2.63. The van der Waals surface area contributed by atoms with Gasteiger partial charge in [-0.25, -0.2) is 22.5 Å². The molecule has 0 saturated heterocycles. The standard InChI is InChI=1S/C20H18F4N2O2/c21-12-1-3-16(15(22)9-12)28-13-2-4-17(25-11-13)26-18(27)14-10-19(14)5-7-20(23,24)8-6-19/h1-4,9,11,14H,5-8,10H2,(H,25,26,27)/t14-/m0/s1. The largest absolute Gasteiger partial charge is 0.453 e. The second-order valence-corrected chi connectivity index (χ2v) is 7.52. The lowest BCUT2D eigenvalue weighted by Gasteiger charge is -2.28. The molecular weight excluding hydrogens is 376 g/mol. The molecule has 4 nitrogen and oxygen atoms in total. The van der Waals surface area contributed by atoms with Gasteiger partial charge in [-0.1, -0.05) is 0 Å². The molecule has 2 aliphatic carbocycles. The number of nitrogens with one attached hydrogen (secondary N) is 1. The molecule has 0 bridgehead atoms. The normalized spacial score (nSPS) is 21.9. The molecule has 1 N–H and O–H groups in total. The molecule has 4 rings (SSSR count). The van der Waals surface area contributed by atoms with Crippen molar-refractivity contribution in [2.45, 2.75) is 38.0 Å². The Hall–Kier alpha value is -2.64. The van der Waals surface area contributed by atoms with Gasteiger partial charge in [0.05, 0.1) is 6.20 Å². The van der Waals surface area contributed by atoms with Crippen molar-refractivity contribution in [3.8, 4) is 11.5 Å². The number of benzene rings is 1. The molecule has 1 amide bonds. The summed E-state index contributed by atoms with van der Waals surface area (Å²) in [6.45, 7) is 0. The molecule has 28 heavy (non-hydrogen) atoms. The van der Waals surface area contributed by atoms with Gasteiger partial charge in [0, 0.05) is 24.8 Å². The van der Waals surface area contributed by atoms with E-state index < -0.39 is 17.6 Å². The molecule has 2 aromatic rings. The van der Waals surface area contributed by atoms with Crippen molar-refractivity contribution in [2.75, 3.05) is 5.32 Å². The summed E-state index contributed by atoms with van der Waals surface area (Å²) in [6, 6.07) is 5.95. The van der Waals surface area contributed by atoms with E-state index in [0.717, 1.165) is 6.07 Å². The Bertz CT molecular complexity index is 892. The number of rotatable bonds is 4. The van der Waals surface area contributed by atoms with Crippen molar-refractivity contribution in [3.63, 3.8) is 0 Å². The average molecular weight is 394 g/mol. The van der Waals surface area contributed by atoms with E-state index in [1.165, 1.54) is 24.4 Å². The van der Waals surface area contributed by atoms with Crippen LogP contribution < -0.4 is 10.1 Å². The first-order valence-corrected chi connectivity index (χ1v) is 9.04. The van der Waals surface area contributed by atoms with Crippen LogP contribution in [-0.4, -0.2) is 16.8 Å². The SMILES string of the molecule is O=C(Nc1ccc(Oc2ccc(F)cc2F)cn1)[C@@H]1CC12CCC(F)(F)CC2. The van der Waals surface area contributed by atoms with Gasteiger partial charge in [0.1, 0.15) is 17.4 Å². The second-order valence-electron chi connectivity index (χ2n) is 7.52. The van der Waals surface area contributed by atoms with E-state index >= 15 is 0 Å². The zero-order chi connectivity index (χ0) is 19.9. The number of pyridine rings is 1. The summed E-state index contributed by atoms with van der Waals surface area (Å²) in [5, 5.41) is 2.69. The van der Waals surface area contributed by atoms with Gasteiger partial charge in [-0.3, -0.25) is 4.79 Å². The lowest BCUT2D eigenvalue weighted by atomic mass is 9.82. The van der Waals surface area contributed by atoms with Crippen molar-refractivity contribution in [2.24, 2.45) is 11.3 Å². The highest BCUT2D eigenvalue weighted by molar-refractivity contribution is 5.94. The molecule has 0 radical (unpaired) electrons. The number of halogens is 4. The zero-order valence-corrected chi connectivity index (χ0v) is 14.9. The fourth-order valence-electron chi connectivity index (χ4n) is 3.80. The zero-order valence-electron chi connectivity index (χ0n) is 14.9. The number of alkyl halides is 2. The maximum atomic E-state index is 13.6. The van der Waals surface area contributed by atoms with Crippen LogP contribution in [0.4, 0.5) is 23.4 Å². The van der Waals surface area contributed by atoms with Crippen LogP contribution in [0.15, 0.2) is 36.5 Å². The van der Waals surface area contributed by atoms with Gasteiger partial charge in [0.2, 0.25) is 11.8 Å². The molecule has 0 unspecified atom stereocenters. The molecule has 148 valence electrons. The van der Waals surface area contributed by atoms with Gasteiger partial charge in [-0.15, -0.1) is 0 Å². The monoisotopic (exact) mass is 394 g/mol. The van der Waals surface area contributed by atoms with E-state index in [0.29, 0.717) is 31.1 Å². The number of ether oxygens (including phenoxy) is 1. The first-order valence-electron chi connectivity index (χ1n) is 9.04. The fraction of sp³-hybridized carbons (Fsp3) is 0.400. The quantitative estimate of drug-likeness (QED) is 0.716. The molecule has 2 aliphatic rings. The van der Waals surface area contributed by atoms with Crippen LogP contribution in [-0.2, 0) is 4.79 Å². The van der Waals surface area contributed by atoms with Crippen molar-refractivity contribution in [1.29, 1.82) is 0 Å². The summed E-state index contributed by atoms with van der Waals surface area (Å²) in [5.41, 5.74) is -0.297. The van der Waals surface area contributed by atoms with Crippen LogP contribution in [0.2, 0.25) is 0 Å². The van der Waals surface area contributed by atoms with Gasteiger partial charge < -0.3 is 10.1 Å². The molecule has 1 aromatic heterocycles. The van der Waals surface area contributed by atoms with Crippen LogP contribution in [0.3, 0.4) is 0 Å². The summed E-state index contributed by atoms with van der Waals surface area (Å²) < 4.78 is 58.5. The number of hydrogen-bond acceptors (Lipinski definition) is 3. The lowest BCUT2D eigenvalue weighted by molar-refractivity contribution is -0.119. The summed E-state index contributed by atoms with van der Waals surface area (Å²) in [5.74, 6) is -4.29. The summed E-state index contributed by atoms with van der Waals surface area (Å²) >= 11 is 0. The predicted molar refractivity (Wildman–Crippen MR) is 93.3 cm³/mol. The third-order valence-corrected chi connectivity index (χ3v) is 5.59. The second kappa shape index (κ2) is 6.76. The third-order valence-electron chi connectivity index (χ3n) is 5.59. The molecule has 1 heterocycles. The van der Waals surface area contributed by atoms with Crippen LogP contribution in [0.5, 0.6) is 11.5 Å². The minimum Gasteiger partial charge on any atom is -0.453 e. The molecule has 2 fully saturated rings. The number of carbonyl (C=O) groups is 1. The van der Waals surface area contributed by atoms with Gasteiger partial charge in [0.15, 0.2) is 11.6 Å². The van der Waals surface area contributed by atoms with Gasteiger partial charge >= 0.3 is 0 Å². The Labute approximate surface area is 158 Å². The van der Waals surface area contributed by atoms with E-state index in [2.05, 4.69) is 10.3 Å². The number of anilines is 1. The highest BCUT2D eigenvalue weighted by atomic mass is 19.3. The number of nitrogens with zero attached hydrogens (tertiary/aromatic N) is 1. The van der Waals surface area contributed by atoms with Gasteiger partial charge in [-0.05, 0) is 48.9 Å². The van der Waals surface area contributed by atoms with E-state index in [4.69, 9.17) is 4.74 Å². The first-order chi connectivity index (χ1) is 13.3. The first kappa shape index (κ1) is 18.7. The Morgan fingerprint density at radius 3 is 2.50 bits per heavy atom. The molecule has 0 aliphatic heterocycles. The van der Waals surface area contributed by atoms with E-state index in [1.807, 2.05) is 0 Å². The Morgan fingerprint density at radius 1 is 1.11 bits per heavy atom. The van der Waals surface area contributed by atoms with Crippen molar-refractivity contribution in [1.82, 2.24) is 4.98 Å². The van der Waals surface area contributed by atoms with Crippen LogP contribution in [0, 0.1) is 23.0 Å². The van der Waals surface area contributed by atoms with Gasteiger partial charge in [0.25, 0.3) is 0 Å². The number of carbonyl (C=O) groups excluding carboxylic acids is 1. The van der Waals surface area contributed by atoms with Crippen molar-refractivity contribution in [3.05, 3.63) is 48.2 Å². The summed E-state index contributed by atoms with van der Waals surface area (Å²) in [4.78, 5) is 16.5. The summed E-state index contributed by atoms with van der Waals surface area (Å²) in [7, 11) is 0. The molecule has 1 spiro atoms. The Balaban J connectivity index is 1.34. The van der Waals surface area contributed by atoms with Crippen LogP contribution in [0.1, 0.15) is 32.1 Å². The maximum absolute atomic E-state index is 13.6. The molecule has 1 atom stereocenters. The van der Waals surface area contributed by atoms with Gasteiger partial charge in [-0.2, -0.15) is 0 Å². The van der Waals surface area contributed by atoms with E-state index in [9.17, 15) is 22.4 Å². The van der Waals surface area contributed by atoms with E-state index in [1.54, 1.807) is 0 Å². The molecule has 8 heteroatoms. The topological polar surface area (TPSA) is 51.2 Å². The minimum absolute atomic E-state index is 0.144. The molecule has 2 saturated carbocycles. The van der Waals surface area contributed by atoms with E-state index in [-0.39, 0.29) is 41.6 Å². The number of hydrogen-bond donors (Lipinski definition) is 1. The molecular formula is C20H18F4N2O2. The minimum atomic E-state index is -2.61. The lowest BCUT2D eigenvalue weighted by Crippen LogP contribution is -2.28. The number of amides is 1. The Kier molecular flexibility index (Phi) is 4.51. The van der Waals surface area contributed by atoms with Crippen LogP contribution in [0.25, 0.3) is 0 Å². The molecule has 1 aromatic carbocycles. The van der Waals surface area contributed by atoms with Crippen molar-refractivity contribution < 1.29 is 27.1 Å².